The van der Waals surface area contributed by atoms with E-state index in [2.05, 4.69) is 40.0 Å². The SMILES string of the molecule is CC(NCc1cn[nH]c1-c1cccs1)c1ccccc1Cl. The zero-order valence-electron chi connectivity index (χ0n) is 11.6. The monoisotopic (exact) mass is 317 g/mol. The number of hydrogen-bond acceptors (Lipinski definition) is 3. The van der Waals surface area contributed by atoms with Gasteiger partial charge in [-0.25, -0.2) is 0 Å². The van der Waals surface area contributed by atoms with Crippen LogP contribution in [-0.4, -0.2) is 10.2 Å². The van der Waals surface area contributed by atoms with Gasteiger partial charge in [0.2, 0.25) is 0 Å². The maximum atomic E-state index is 6.24. The van der Waals surface area contributed by atoms with Gasteiger partial charge in [-0.3, -0.25) is 5.10 Å². The summed E-state index contributed by atoms with van der Waals surface area (Å²) >= 11 is 7.94. The third-order valence-corrected chi connectivity index (χ3v) is 4.69. The number of hydrogen-bond donors (Lipinski definition) is 2. The molecule has 0 spiro atoms. The number of aromatic nitrogens is 2. The molecular weight excluding hydrogens is 302 g/mol. The Morgan fingerprint density at radius 2 is 2.14 bits per heavy atom. The molecule has 5 heteroatoms. The molecule has 0 amide bonds. The van der Waals surface area contributed by atoms with Gasteiger partial charge >= 0.3 is 0 Å². The second kappa shape index (κ2) is 6.43. The molecule has 0 saturated heterocycles. The van der Waals surface area contributed by atoms with Gasteiger partial charge in [-0.05, 0) is 30.0 Å². The summed E-state index contributed by atoms with van der Waals surface area (Å²) in [5, 5.41) is 13.6. The van der Waals surface area contributed by atoms with E-state index >= 15 is 0 Å². The van der Waals surface area contributed by atoms with E-state index in [1.165, 1.54) is 4.88 Å². The van der Waals surface area contributed by atoms with Crippen LogP contribution in [0.1, 0.15) is 24.1 Å². The first-order valence-corrected chi connectivity index (χ1v) is 8.05. The van der Waals surface area contributed by atoms with Crippen LogP contribution in [0.15, 0.2) is 48.0 Å². The molecule has 3 nitrogen and oxygen atoms in total. The lowest BCUT2D eigenvalue weighted by molar-refractivity contribution is 0.575. The number of rotatable bonds is 5. The van der Waals surface area contributed by atoms with Crippen molar-refractivity contribution in [3.8, 4) is 10.6 Å². The van der Waals surface area contributed by atoms with Crippen LogP contribution in [-0.2, 0) is 6.54 Å². The molecule has 3 rings (SSSR count). The van der Waals surface area contributed by atoms with Gasteiger partial charge in [-0.15, -0.1) is 11.3 Å². The molecule has 21 heavy (non-hydrogen) atoms. The third kappa shape index (κ3) is 3.18. The second-order valence-corrected chi connectivity index (χ2v) is 6.23. The van der Waals surface area contributed by atoms with Gasteiger partial charge in [-0.2, -0.15) is 5.10 Å². The average molecular weight is 318 g/mol. The zero-order chi connectivity index (χ0) is 14.7. The van der Waals surface area contributed by atoms with E-state index in [0.29, 0.717) is 0 Å². The Morgan fingerprint density at radius 1 is 1.29 bits per heavy atom. The fourth-order valence-electron chi connectivity index (χ4n) is 2.28. The standard InChI is InChI=1S/C16H16ClN3S/c1-11(13-5-2-3-6-14(13)17)18-9-12-10-19-20-16(12)15-7-4-8-21-15/h2-8,10-11,18H,9H2,1H3,(H,19,20). The maximum absolute atomic E-state index is 6.24. The number of aromatic amines is 1. The van der Waals surface area contributed by atoms with E-state index in [-0.39, 0.29) is 6.04 Å². The summed E-state index contributed by atoms with van der Waals surface area (Å²) in [6.07, 6.45) is 1.88. The molecular formula is C16H16ClN3S. The topological polar surface area (TPSA) is 40.7 Å². The molecule has 2 aromatic heterocycles. The van der Waals surface area contributed by atoms with Crippen LogP contribution >= 0.6 is 22.9 Å². The predicted octanol–water partition coefficient (Wildman–Crippen LogP) is 4.64. The molecule has 0 bridgehead atoms. The predicted molar refractivity (Wildman–Crippen MR) is 88.6 cm³/mol. The van der Waals surface area contributed by atoms with E-state index in [1.807, 2.05) is 30.5 Å². The number of H-pyrrole nitrogens is 1. The van der Waals surface area contributed by atoms with Crippen molar-refractivity contribution in [2.24, 2.45) is 0 Å². The molecule has 0 aliphatic carbocycles. The smallest absolute Gasteiger partial charge is 0.0794 e. The lowest BCUT2D eigenvalue weighted by Crippen LogP contribution is -2.18. The second-order valence-electron chi connectivity index (χ2n) is 4.87. The van der Waals surface area contributed by atoms with Crippen LogP contribution < -0.4 is 5.32 Å². The van der Waals surface area contributed by atoms with E-state index in [0.717, 1.165) is 28.4 Å². The molecule has 108 valence electrons. The lowest BCUT2D eigenvalue weighted by atomic mass is 10.1. The number of benzene rings is 1. The van der Waals surface area contributed by atoms with Crippen LogP contribution in [0.4, 0.5) is 0 Å². The van der Waals surface area contributed by atoms with E-state index < -0.39 is 0 Å². The van der Waals surface area contributed by atoms with Crippen molar-refractivity contribution < 1.29 is 0 Å². The number of thiophene rings is 1. The van der Waals surface area contributed by atoms with Gasteiger partial charge in [0.15, 0.2) is 0 Å². The molecule has 1 atom stereocenters. The van der Waals surface area contributed by atoms with Crippen molar-refractivity contribution in [3.63, 3.8) is 0 Å². The van der Waals surface area contributed by atoms with Crippen LogP contribution in [0.2, 0.25) is 5.02 Å². The Morgan fingerprint density at radius 3 is 2.90 bits per heavy atom. The first kappa shape index (κ1) is 14.3. The molecule has 1 unspecified atom stereocenters. The molecule has 0 radical (unpaired) electrons. The number of halogens is 1. The minimum absolute atomic E-state index is 0.185. The Kier molecular flexibility index (Phi) is 4.39. The van der Waals surface area contributed by atoms with Gasteiger partial charge in [0, 0.05) is 23.2 Å². The highest BCUT2D eigenvalue weighted by atomic mass is 35.5. The molecule has 1 aromatic carbocycles. The van der Waals surface area contributed by atoms with Crippen LogP contribution in [0, 0.1) is 0 Å². The molecule has 0 aliphatic heterocycles. The summed E-state index contributed by atoms with van der Waals surface area (Å²) in [6, 6.07) is 12.3. The molecule has 3 aromatic rings. The first-order chi connectivity index (χ1) is 10.3. The van der Waals surface area contributed by atoms with E-state index in [1.54, 1.807) is 11.3 Å². The fraction of sp³-hybridized carbons (Fsp3) is 0.188. The maximum Gasteiger partial charge on any atom is 0.0794 e. The molecule has 2 N–H and O–H groups in total. The van der Waals surface area contributed by atoms with Crippen molar-refractivity contribution in [1.82, 2.24) is 15.5 Å². The summed E-state index contributed by atoms with van der Waals surface area (Å²) in [5.74, 6) is 0. The fourth-order valence-corrected chi connectivity index (χ4v) is 3.33. The van der Waals surface area contributed by atoms with Crippen LogP contribution in [0.5, 0.6) is 0 Å². The van der Waals surface area contributed by atoms with E-state index in [9.17, 15) is 0 Å². The number of nitrogens with one attached hydrogen (secondary N) is 2. The van der Waals surface area contributed by atoms with Crippen molar-refractivity contribution in [1.29, 1.82) is 0 Å². The highest BCUT2D eigenvalue weighted by molar-refractivity contribution is 7.13. The summed E-state index contributed by atoms with van der Waals surface area (Å²) in [6.45, 7) is 2.86. The zero-order valence-corrected chi connectivity index (χ0v) is 13.2. The lowest BCUT2D eigenvalue weighted by Gasteiger charge is -2.15. The Hall–Kier alpha value is -1.62. The molecule has 0 aliphatic rings. The van der Waals surface area contributed by atoms with Crippen LogP contribution in [0.25, 0.3) is 10.6 Å². The van der Waals surface area contributed by atoms with Crippen molar-refractivity contribution in [2.45, 2.75) is 19.5 Å². The Labute approximate surface area is 133 Å². The molecule has 0 fully saturated rings. The normalized spacial score (nSPS) is 12.5. The van der Waals surface area contributed by atoms with Crippen molar-refractivity contribution in [2.75, 3.05) is 0 Å². The quantitative estimate of drug-likeness (QED) is 0.719. The van der Waals surface area contributed by atoms with Crippen LogP contribution in [0.3, 0.4) is 0 Å². The van der Waals surface area contributed by atoms with Gasteiger partial charge in [0.1, 0.15) is 0 Å². The summed E-state index contributed by atoms with van der Waals surface area (Å²) in [4.78, 5) is 1.20. The summed E-state index contributed by atoms with van der Waals surface area (Å²) in [7, 11) is 0. The van der Waals surface area contributed by atoms with Gasteiger partial charge < -0.3 is 5.32 Å². The minimum Gasteiger partial charge on any atom is -0.306 e. The Balaban J connectivity index is 1.72. The van der Waals surface area contributed by atoms with Gasteiger partial charge in [0.05, 0.1) is 16.8 Å². The molecule has 0 saturated carbocycles. The van der Waals surface area contributed by atoms with Gasteiger partial charge in [0.25, 0.3) is 0 Å². The summed E-state index contributed by atoms with van der Waals surface area (Å²) in [5.41, 5.74) is 3.36. The highest BCUT2D eigenvalue weighted by Gasteiger charge is 2.12. The van der Waals surface area contributed by atoms with Gasteiger partial charge in [-0.1, -0.05) is 35.9 Å². The highest BCUT2D eigenvalue weighted by Crippen LogP contribution is 2.27. The van der Waals surface area contributed by atoms with Crippen molar-refractivity contribution in [3.05, 3.63) is 64.1 Å². The Bertz CT molecular complexity index is 706. The van der Waals surface area contributed by atoms with E-state index in [4.69, 9.17) is 11.6 Å². The third-order valence-electron chi connectivity index (χ3n) is 3.46. The summed E-state index contributed by atoms with van der Waals surface area (Å²) < 4.78 is 0. The first-order valence-electron chi connectivity index (χ1n) is 6.79. The molecule has 2 heterocycles. The largest absolute Gasteiger partial charge is 0.306 e. The van der Waals surface area contributed by atoms with Crippen molar-refractivity contribution >= 4 is 22.9 Å². The average Bonchev–Trinajstić information content (AvgIpc) is 3.16. The minimum atomic E-state index is 0.185. The number of nitrogens with zero attached hydrogens (tertiary/aromatic N) is 1.